The summed E-state index contributed by atoms with van der Waals surface area (Å²) in [4.78, 5) is 13.2. The van der Waals surface area contributed by atoms with Gasteiger partial charge in [-0.3, -0.25) is 0 Å². The van der Waals surface area contributed by atoms with E-state index in [1.54, 1.807) is 4.90 Å². The number of hydrogen-bond donors (Lipinski definition) is 1. The Balaban J connectivity index is 1.81. The normalized spacial score (nSPS) is 32.6. The summed E-state index contributed by atoms with van der Waals surface area (Å²) in [5, 5.41) is 9.54. The Kier molecular flexibility index (Phi) is 3.46. The SMILES string of the molecule is O=C1OCCCN1CC1CCCC(O)C1. The van der Waals surface area contributed by atoms with Gasteiger partial charge in [0.1, 0.15) is 0 Å². The summed E-state index contributed by atoms with van der Waals surface area (Å²) < 4.78 is 4.98. The van der Waals surface area contributed by atoms with Crippen LogP contribution in [0, 0.1) is 5.92 Å². The number of aliphatic hydroxyl groups excluding tert-OH is 1. The number of carbonyl (C=O) groups is 1. The third-order valence-electron chi connectivity index (χ3n) is 3.29. The van der Waals surface area contributed by atoms with Crippen LogP contribution in [0.3, 0.4) is 0 Å². The lowest BCUT2D eigenvalue weighted by Crippen LogP contribution is -2.41. The molecule has 15 heavy (non-hydrogen) atoms. The highest BCUT2D eigenvalue weighted by molar-refractivity contribution is 5.68. The Morgan fingerprint density at radius 3 is 3.00 bits per heavy atom. The van der Waals surface area contributed by atoms with Gasteiger partial charge in [0.05, 0.1) is 12.7 Å². The van der Waals surface area contributed by atoms with E-state index in [1.165, 1.54) is 0 Å². The maximum Gasteiger partial charge on any atom is 0.409 e. The molecule has 2 aliphatic rings. The van der Waals surface area contributed by atoms with Crippen molar-refractivity contribution in [2.45, 2.75) is 38.2 Å². The summed E-state index contributed by atoms with van der Waals surface area (Å²) in [5.74, 6) is 0.458. The molecule has 0 bridgehead atoms. The molecule has 0 aromatic rings. The van der Waals surface area contributed by atoms with Crippen LogP contribution in [-0.2, 0) is 4.74 Å². The molecular weight excluding hydrogens is 194 g/mol. The van der Waals surface area contributed by atoms with E-state index in [2.05, 4.69) is 0 Å². The Labute approximate surface area is 90.2 Å². The van der Waals surface area contributed by atoms with Crippen molar-refractivity contribution in [3.8, 4) is 0 Å². The second kappa shape index (κ2) is 4.84. The van der Waals surface area contributed by atoms with Gasteiger partial charge in [-0.05, 0) is 31.6 Å². The lowest BCUT2D eigenvalue weighted by molar-refractivity contribution is 0.0485. The van der Waals surface area contributed by atoms with Crippen LogP contribution in [0.2, 0.25) is 0 Å². The Morgan fingerprint density at radius 2 is 2.27 bits per heavy atom. The number of ether oxygens (including phenoxy) is 1. The summed E-state index contributed by atoms with van der Waals surface area (Å²) in [5.41, 5.74) is 0. The molecule has 1 saturated carbocycles. The average Bonchev–Trinajstić information content (AvgIpc) is 2.22. The van der Waals surface area contributed by atoms with E-state index in [9.17, 15) is 9.90 Å². The Bertz CT molecular complexity index is 232. The minimum Gasteiger partial charge on any atom is -0.449 e. The van der Waals surface area contributed by atoms with Crippen LogP contribution < -0.4 is 0 Å². The van der Waals surface area contributed by atoms with Crippen molar-refractivity contribution in [1.82, 2.24) is 4.90 Å². The minimum atomic E-state index is -0.179. The molecule has 4 nitrogen and oxygen atoms in total. The second-order valence-electron chi connectivity index (χ2n) is 4.60. The fourth-order valence-corrected chi connectivity index (χ4v) is 2.50. The first-order chi connectivity index (χ1) is 7.25. The number of amides is 1. The summed E-state index contributed by atoms with van der Waals surface area (Å²) in [7, 11) is 0. The fourth-order valence-electron chi connectivity index (χ4n) is 2.50. The molecule has 1 amide bonds. The monoisotopic (exact) mass is 213 g/mol. The van der Waals surface area contributed by atoms with E-state index in [1.807, 2.05) is 0 Å². The van der Waals surface area contributed by atoms with Gasteiger partial charge in [-0.2, -0.15) is 0 Å². The predicted molar refractivity (Wildman–Crippen MR) is 55.5 cm³/mol. The van der Waals surface area contributed by atoms with Crippen molar-refractivity contribution in [2.24, 2.45) is 5.92 Å². The molecular formula is C11H19NO3. The molecule has 2 atom stereocenters. The van der Waals surface area contributed by atoms with Crippen LogP contribution in [0.4, 0.5) is 4.79 Å². The zero-order chi connectivity index (χ0) is 10.7. The van der Waals surface area contributed by atoms with Crippen molar-refractivity contribution >= 4 is 6.09 Å². The quantitative estimate of drug-likeness (QED) is 0.754. The molecule has 1 saturated heterocycles. The van der Waals surface area contributed by atoms with Gasteiger partial charge in [0.15, 0.2) is 0 Å². The van der Waals surface area contributed by atoms with E-state index >= 15 is 0 Å². The van der Waals surface area contributed by atoms with Gasteiger partial charge >= 0.3 is 6.09 Å². The predicted octanol–water partition coefficient (Wildman–Crippen LogP) is 1.38. The lowest BCUT2D eigenvalue weighted by Gasteiger charge is -2.33. The molecule has 1 heterocycles. The van der Waals surface area contributed by atoms with Crippen molar-refractivity contribution in [3.05, 3.63) is 0 Å². The number of hydrogen-bond acceptors (Lipinski definition) is 3. The standard InChI is InChI=1S/C11H19NO3/c13-10-4-1-3-9(7-10)8-12-5-2-6-15-11(12)14/h9-10,13H,1-8H2. The minimum absolute atomic E-state index is 0.162. The fraction of sp³-hybridized carbons (Fsp3) is 0.909. The molecule has 0 radical (unpaired) electrons. The van der Waals surface area contributed by atoms with Crippen LogP contribution in [0.25, 0.3) is 0 Å². The molecule has 0 aromatic heterocycles. The van der Waals surface area contributed by atoms with Crippen molar-refractivity contribution < 1.29 is 14.6 Å². The topological polar surface area (TPSA) is 49.8 Å². The molecule has 1 N–H and O–H groups in total. The highest BCUT2D eigenvalue weighted by atomic mass is 16.6. The maximum atomic E-state index is 11.4. The molecule has 1 aliphatic heterocycles. The van der Waals surface area contributed by atoms with E-state index in [0.717, 1.165) is 45.2 Å². The van der Waals surface area contributed by atoms with E-state index < -0.39 is 0 Å². The third-order valence-corrected chi connectivity index (χ3v) is 3.29. The molecule has 0 spiro atoms. The summed E-state index contributed by atoms with van der Waals surface area (Å²) >= 11 is 0. The third kappa shape index (κ3) is 2.84. The molecule has 2 rings (SSSR count). The zero-order valence-corrected chi connectivity index (χ0v) is 9.02. The Hall–Kier alpha value is -0.770. The van der Waals surface area contributed by atoms with E-state index in [0.29, 0.717) is 12.5 Å². The molecule has 2 unspecified atom stereocenters. The van der Waals surface area contributed by atoms with Gasteiger partial charge < -0.3 is 14.7 Å². The summed E-state index contributed by atoms with van der Waals surface area (Å²) in [6.45, 7) is 2.13. The maximum absolute atomic E-state index is 11.4. The molecule has 4 heteroatoms. The van der Waals surface area contributed by atoms with Crippen LogP contribution in [0.5, 0.6) is 0 Å². The molecule has 86 valence electrons. The Morgan fingerprint density at radius 1 is 1.40 bits per heavy atom. The van der Waals surface area contributed by atoms with Gasteiger partial charge in [-0.15, -0.1) is 0 Å². The number of cyclic esters (lactones) is 1. The molecule has 1 aliphatic carbocycles. The van der Waals surface area contributed by atoms with Crippen molar-refractivity contribution in [1.29, 1.82) is 0 Å². The largest absolute Gasteiger partial charge is 0.449 e. The lowest BCUT2D eigenvalue weighted by atomic mass is 9.87. The zero-order valence-electron chi connectivity index (χ0n) is 9.02. The van der Waals surface area contributed by atoms with E-state index in [-0.39, 0.29) is 12.2 Å². The van der Waals surface area contributed by atoms with Crippen molar-refractivity contribution in [3.63, 3.8) is 0 Å². The number of nitrogens with zero attached hydrogens (tertiary/aromatic N) is 1. The van der Waals surface area contributed by atoms with Crippen molar-refractivity contribution in [2.75, 3.05) is 19.7 Å². The molecule has 2 fully saturated rings. The highest BCUT2D eigenvalue weighted by Crippen LogP contribution is 2.25. The van der Waals surface area contributed by atoms with Gasteiger partial charge in [0.25, 0.3) is 0 Å². The smallest absolute Gasteiger partial charge is 0.409 e. The average molecular weight is 213 g/mol. The first kappa shape index (κ1) is 10.7. The number of rotatable bonds is 2. The van der Waals surface area contributed by atoms with Gasteiger partial charge in [-0.1, -0.05) is 6.42 Å². The van der Waals surface area contributed by atoms with Gasteiger partial charge in [-0.25, -0.2) is 4.79 Å². The van der Waals surface area contributed by atoms with E-state index in [4.69, 9.17) is 4.74 Å². The number of aliphatic hydroxyl groups is 1. The van der Waals surface area contributed by atoms with Gasteiger partial charge in [0.2, 0.25) is 0 Å². The highest BCUT2D eigenvalue weighted by Gasteiger charge is 2.26. The summed E-state index contributed by atoms with van der Waals surface area (Å²) in [6, 6.07) is 0. The first-order valence-corrected chi connectivity index (χ1v) is 5.85. The molecule has 0 aromatic carbocycles. The number of carbonyl (C=O) groups excluding carboxylic acids is 1. The second-order valence-corrected chi connectivity index (χ2v) is 4.60. The van der Waals surface area contributed by atoms with Crippen LogP contribution >= 0.6 is 0 Å². The summed E-state index contributed by atoms with van der Waals surface area (Å²) in [6.07, 6.45) is 4.55. The van der Waals surface area contributed by atoms with Gasteiger partial charge in [0, 0.05) is 13.1 Å². The van der Waals surface area contributed by atoms with Crippen LogP contribution in [0.15, 0.2) is 0 Å². The van der Waals surface area contributed by atoms with Crippen LogP contribution in [0.1, 0.15) is 32.1 Å². The first-order valence-electron chi connectivity index (χ1n) is 5.85. The van der Waals surface area contributed by atoms with Crippen LogP contribution in [-0.4, -0.2) is 41.9 Å².